The van der Waals surface area contributed by atoms with Crippen LogP contribution in [0, 0.1) is 6.07 Å². The molecule has 0 aliphatic carbocycles. The van der Waals surface area contributed by atoms with E-state index in [2.05, 4.69) is 42.5 Å². The molecule has 16 heavy (non-hydrogen) atoms. The van der Waals surface area contributed by atoms with Gasteiger partial charge in [0.15, 0.2) is 0 Å². The summed E-state index contributed by atoms with van der Waals surface area (Å²) in [5.74, 6) is 0.780. The lowest BCUT2D eigenvalue weighted by Gasteiger charge is -2.04. The quantitative estimate of drug-likeness (QED) is 0.551. The Hall–Kier alpha value is -2.02. The van der Waals surface area contributed by atoms with Crippen LogP contribution < -0.4 is 4.74 Å². The van der Waals surface area contributed by atoms with E-state index in [1.807, 2.05) is 12.1 Å². The SMILES string of the molecule is COc1[c]cc2cc3ccccc3cc2c1. The molecule has 1 heteroatoms. The van der Waals surface area contributed by atoms with Crippen LogP contribution in [0.25, 0.3) is 21.5 Å². The molecule has 0 amide bonds. The smallest absolute Gasteiger partial charge is 0.127 e. The van der Waals surface area contributed by atoms with Crippen molar-refractivity contribution in [2.24, 2.45) is 0 Å². The van der Waals surface area contributed by atoms with Gasteiger partial charge < -0.3 is 4.74 Å². The van der Waals surface area contributed by atoms with Crippen molar-refractivity contribution < 1.29 is 4.74 Å². The zero-order valence-corrected chi connectivity index (χ0v) is 9.03. The summed E-state index contributed by atoms with van der Waals surface area (Å²) >= 11 is 0. The minimum Gasteiger partial charge on any atom is -0.496 e. The maximum atomic E-state index is 5.18. The van der Waals surface area contributed by atoms with E-state index in [0.717, 1.165) is 5.75 Å². The van der Waals surface area contributed by atoms with E-state index in [1.54, 1.807) is 7.11 Å². The van der Waals surface area contributed by atoms with E-state index in [4.69, 9.17) is 4.74 Å². The Morgan fingerprint density at radius 1 is 0.875 bits per heavy atom. The average Bonchev–Trinajstić information content (AvgIpc) is 2.35. The molecule has 0 atom stereocenters. The van der Waals surface area contributed by atoms with Crippen LogP contribution in [0.5, 0.6) is 5.75 Å². The lowest BCUT2D eigenvalue weighted by atomic mass is 10.0. The van der Waals surface area contributed by atoms with Crippen LogP contribution in [-0.4, -0.2) is 7.11 Å². The van der Waals surface area contributed by atoms with Crippen LogP contribution in [-0.2, 0) is 0 Å². The van der Waals surface area contributed by atoms with Crippen LogP contribution in [0.1, 0.15) is 0 Å². The molecule has 0 bridgehead atoms. The summed E-state index contributed by atoms with van der Waals surface area (Å²) in [6, 6.07) is 19.8. The summed E-state index contributed by atoms with van der Waals surface area (Å²) in [6.07, 6.45) is 0. The summed E-state index contributed by atoms with van der Waals surface area (Å²) in [7, 11) is 1.67. The van der Waals surface area contributed by atoms with Crippen molar-refractivity contribution in [2.45, 2.75) is 0 Å². The van der Waals surface area contributed by atoms with Gasteiger partial charge in [-0.05, 0) is 45.8 Å². The van der Waals surface area contributed by atoms with Crippen molar-refractivity contribution in [3.63, 3.8) is 0 Å². The number of ether oxygens (including phenoxy) is 1. The highest BCUT2D eigenvalue weighted by molar-refractivity contribution is 5.98. The number of hydrogen-bond acceptors (Lipinski definition) is 1. The highest BCUT2D eigenvalue weighted by Crippen LogP contribution is 2.25. The molecular formula is C15H11O. The number of methoxy groups -OCH3 is 1. The van der Waals surface area contributed by atoms with Crippen LogP contribution in [0.3, 0.4) is 0 Å². The molecule has 0 unspecified atom stereocenters. The molecule has 0 fully saturated rings. The maximum absolute atomic E-state index is 5.18. The van der Waals surface area contributed by atoms with E-state index in [1.165, 1.54) is 21.5 Å². The Morgan fingerprint density at radius 3 is 2.25 bits per heavy atom. The zero-order chi connectivity index (χ0) is 11.0. The van der Waals surface area contributed by atoms with Crippen molar-refractivity contribution in [3.05, 3.63) is 54.6 Å². The molecule has 0 heterocycles. The summed E-state index contributed by atoms with van der Waals surface area (Å²) < 4.78 is 5.18. The molecule has 0 aliphatic rings. The normalized spacial score (nSPS) is 10.8. The lowest BCUT2D eigenvalue weighted by molar-refractivity contribution is 0.414. The first-order valence-corrected chi connectivity index (χ1v) is 5.25. The van der Waals surface area contributed by atoms with Crippen LogP contribution >= 0.6 is 0 Å². The minimum absolute atomic E-state index is 0.780. The molecule has 1 radical (unpaired) electrons. The Bertz CT molecular complexity index is 656. The Morgan fingerprint density at radius 2 is 1.56 bits per heavy atom. The number of fused-ring (bicyclic) bond motifs is 2. The van der Waals surface area contributed by atoms with E-state index in [9.17, 15) is 0 Å². The Labute approximate surface area is 94.3 Å². The predicted molar refractivity (Wildman–Crippen MR) is 66.8 cm³/mol. The average molecular weight is 207 g/mol. The topological polar surface area (TPSA) is 9.23 Å². The fourth-order valence-electron chi connectivity index (χ4n) is 1.98. The molecule has 0 saturated carbocycles. The second kappa shape index (κ2) is 3.53. The summed E-state index contributed by atoms with van der Waals surface area (Å²) in [6.45, 7) is 0. The van der Waals surface area contributed by atoms with Gasteiger partial charge in [-0.25, -0.2) is 0 Å². The van der Waals surface area contributed by atoms with Gasteiger partial charge in [-0.2, -0.15) is 0 Å². The van der Waals surface area contributed by atoms with Gasteiger partial charge in [0.05, 0.1) is 7.11 Å². The molecule has 3 aromatic carbocycles. The predicted octanol–water partition coefficient (Wildman–Crippen LogP) is 3.80. The minimum atomic E-state index is 0.780. The third-order valence-electron chi connectivity index (χ3n) is 2.83. The van der Waals surface area contributed by atoms with Gasteiger partial charge in [-0.1, -0.05) is 24.3 Å². The van der Waals surface area contributed by atoms with Gasteiger partial charge in [0.1, 0.15) is 5.75 Å². The van der Waals surface area contributed by atoms with Crippen molar-refractivity contribution >= 4 is 21.5 Å². The van der Waals surface area contributed by atoms with Gasteiger partial charge in [0.25, 0.3) is 0 Å². The summed E-state index contributed by atoms with van der Waals surface area (Å²) in [5, 5.41) is 4.89. The highest BCUT2D eigenvalue weighted by atomic mass is 16.5. The van der Waals surface area contributed by atoms with Gasteiger partial charge in [0, 0.05) is 6.07 Å². The summed E-state index contributed by atoms with van der Waals surface area (Å²) in [4.78, 5) is 0. The summed E-state index contributed by atoms with van der Waals surface area (Å²) in [5.41, 5.74) is 0. The second-order valence-corrected chi connectivity index (χ2v) is 3.83. The van der Waals surface area contributed by atoms with Gasteiger partial charge in [-0.15, -0.1) is 0 Å². The Kier molecular flexibility index (Phi) is 2.03. The fourth-order valence-corrected chi connectivity index (χ4v) is 1.98. The molecule has 3 rings (SSSR count). The molecule has 0 saturated heterocycles. The molecule has 0 spiro atoms. The first-order valence-electron chi connectivity index (χ1n) is 5.25. The van der Waals surface area contributed by atoms with Crippen molar-refractivity contribution in [1.29, 1.82) is 0 Å². The number of benzene rings is 3. The largest absolute Gasteiger partial charge is 0.496 e. The molecular weight excluding hydrogens is 196 g/mol. The van der Waals surface area contributed by atoms with E-state index in [0.29, 0.717) is 0 Å². The molecule has 3 aromatic rings. The van der Waals surface area contributed by atoms with Gasteiger partial charge in [0.2, 0.25) is 0 Å². The van der Waals surface area contributed by atoms with Crippen LogP contribution in [0.2, 0.25) is 0 Å². The number of hydrogen-bond donors (Lipinski definition) is 0. The fraction of sp³-hybridized carbons (Fsp3) is 0.0667. The standard InChI is InChI=1S/C15H11O/c1-16-15-7-6-13-8-11-4-2-3-5-12(11)9-14(13)10-15/h2-6,8-10H,1H3. The van der Waals surface area contributed by atoms with Gasteiger partial charge in [-0.3, -0.25) is 0 Å². The molecule has 77 valence electrons. The molecule has 0 aromatic heterocycles. The third kappa shape index (κ3) is 1.41. The zero-order valence-electron chi connectivity index (χ0n) is 9.03. The van der Waals surface area contributed by atoms with Gasteiger partial charge >= 0.3 is 0 Å². The van der Waals surface area contributed by atoms with E-state index >= 15 is 0 Å². The Balaban J connectivity index is 2.37. The van der Waals surface area contributed by atoms with E-state index in [-0.39, 0.29) is 0 Å². The lowest BCUT2D eigenvalue weighted by Crippen LogP contribution is -1.83. The van der Waals surface area contributed by atoms with Crippen LogP contribution in [0.4, 0.5) is 0 Å². The van der Waals surface area contributed by atoms with Crippen LogP contribution in [0.15, 0.2) is 48.5 Å². The molecule has 0 N–H and O–H groups in total. The molecule has 0 aliphatic heterocycles. The van der Waals surface area contributed by atoms with Crippen molar-refractivity contribution in [1.82, 2.24) is 0 Å². The third-order valence-corrected chi connectivity index (χ3v) is 2.83. The first kappa shape index (κ1) is 9.22. The molecule has 1 nitrogen and oxygen atoms in total. The highest BCUT2D eigenvalue weighted by Gasteiger charge is 1.99. The van der Waals surface area contributed by atoms with Crippen molar-refractivity contribution in [3.8, 4) is 5.75 Å². The monoisotopic (exact) mass is 207 g/mol. The first-order chi connectivity index (χ1) is 7.86. The maximum Gasteiger partial charge on any atom is 0.127 e. The second-order valence-electron chi connectivity index (χ2n) is 3.83. The van der Waals surface area contributed by atoms with E-state index < -0.39 is 0 Å². The number of rotatable bonds is 1. The van der Waals surface area contributed by atoms with Crippen molar-refractivity contribution in [2.75, 3.05) is 7.11 Å².